The van der Waals surface area contributed by atoms with Gasteiger partial charge in [0.2, 0.25) is 0 Å². The van der Waals surface area contributed by atoms with Crippen LogP contribution in [0.4, 0.5) is 0 Å². The fourth-order valence-electron chi connectivity index (χ4n) is 8.46. The number of nitrogens with zero attached hydrogens (tertiary/aromatic N) is 2. The van der Waals surface area contributed by atoms with Crippen molar-refractivity contribution in [2.75, 3.05) is 13.2 Å². The lowest BCUT2D eigenvalue weighted by atomic mass is 9.46. The highest BCUT2D eigenvalue weighted by Gasteiger charge is 2.62. The summed E-state index contributed by atoms with van der Waals surface area (Å²) >= 11 is 0. The van der Waals surface area contributed by atoms with Gasteiger partial charge in [0.25, 0.3) is 5.91 Å². The van der Waals surface area contributed by atoms with Gasteiger partial charge in [-0.3, -0.25) is 4.79 Å². The van der Waals surface area contributed by atoms with Crippen LogP contribution in [0.2, 0.25) is 0 Å². The summed E-state index contributed by atoms with van der Waals surface area (Å²) in [6.45, 7) is 7.09. The molecule has 0 aromatic heterocycles. The summed E-state index contributed by atoms with van der Waals surface area (Å²) in [5.74, 6) is 0.704. The number of rotatable bonds is 4. The summed E-state index contributed by atoms with van der Waals surface area (Å²) in [4.78, 5) is 30.6. The molecule has 3 saturated carbocycles. The van der Waals surface area contributed by atoms with E-state index in [4.69, 9.17) is 4.84 Å². The molecule has 7 heteroatoms. The molecule has 0 spiro atoms. The summed E-state index contributed by atoms with van der Waals surface area (Å²) in [7, 11) is 0. The zero-order valence-corrected chi connectivity index (χ0v) is 20.9. The van der Waals surface area contributed by atoms with Crippen LogP contribution in [-0.4, -0.2) is 57.5 Å². The highest BCUT2D eigenvalue weighted by molar-refractivity contribution is 5.96. The number of carboxylic acid groups (broad SMARTS) is 1. The number of carbonyl (C=O) groups is 2. The van der Waals surface area contributed by atoms with E-state index in [1.807, 2.05) is 0 Å². The van der Waals surface area contributed by atoms with Crippen LogP contribution in [0.3, 0.4) is 0 Å². The average molecular weight is 473 g/mol. The number of aliphatic carboxylic acids is 1. The number of oxime groups is 1. The first-order valence-corrected chi connectivity index (χ1v) is 13.2. The molecule has 0 aromatic rings. The molecule has 34 heavy (non-hydrogen) atoms. The van der Waals surface area contributed by atoms with Gasteiger partial charge in [-0.15, -0.1) is 0 Å². The van der Waals surface area contributed by atoms with Crippen LogP contribution in [0.15, 0.2) is 16.8 Å². The number of carboxylic acids is 1. The standard InChI is InChI=1S/C27H40N2O5/c1-25-11-8-18(28-34-16-23(30)29-14-4-5-22(29)24(31)32)15-17(25)6-7-19-20(25)9-12-26(2)21(19)10-13-27(26,3)33/h15,19-22,33H,4-14,16H2,1-3H3,(H,31,32)/t19-,20+,21+,22+,25+,26+,27+/m1/s1. The predicted molar refractivity (Wildman–Crippen MR) is 128 cm³/mol. The van der Waals surface area contributed by atoms with Crippen LogP contribution in [-0.2, 0) is 14.4 Å². The van der Waals surface area contributed by atoms with E-state index in [9.17, 15) is 19.8 Å². The molecule has 4 fully saturated rings. The van der Waals surface area contributed by atoms with E-state index in [-0.39, 0.29) is 23.3 Å². The second-order valence-electron chi connectivity index (χ2n) is 12.2. The van der Waals surface area contributed by atoms with Crippen LogP contribution in [0.1, 0.15) is 85.0 Å². The maximum atomic E-state index is 12.4. The zero-order chi connectivity index (χ0) is 24.3. The largest absolute Gasteiger partial charge is 0.480 e. The number of allylic oxidation sites excluding steroid dienone is 2. The first kappa shape index (κ1) is 23.8. The minimum Gasteiger partial charge on any atom is -0.480 e. The van der Waals surface area contributed by atoms with Gasteiger partial charge >= 0.3 is 5.97 Å². The molecule has 1 aliphatic heterocycles. The van der Waals surface area contributed by atoms with Crippen molar-refractivity contribution in [2.45, 2.75) is 96.6 Å². The molecule has 0 bridgehead atoms. The Kier molecular flexibility index (Phi) is 5.85. The lowest BCUT2D eigenvalue weighted by molar-refractivity contribution is -0.150. The Balaban J connectivity index is 1.25. The number of aliphatic hydroxyl groups is 1. The van der Waals surface area contributed by atoms with Crippen molar-refractivity contribution in [3.8, 4) is 0 Å². The summed E-state index contributed by atoms with van der Waals surface area (Å²) in [6, 6.07) is -0.739. The molecule has 5 aliphatic rings. The maximum absolute atomic E-state index is 12.4. The van der Waals surface area contributed by atoms with Crippen LogP contribution in [0, 0.1) is 28.6 Å². The Morgan fingerprint density at radius 2 is 1.85 bits per heavy atom. The van der Waals surface area contributed by atoms with Crippen molar-refractivity contribution >= 4 is 17.6 Å². The molecule has 0 radical (unpaired) electrons. The molecule has 1 amide bonds. The summed E-state index contributed by atoms with van der Waals surface area (Å²) < 4.78 is 0. The van der Waals surface area contributed by atoms with Gasteiger partial charge in [-0.2, -0.15) is 0 Å². The van der Waals surface area contributed by atoms with Gasteiger partial charge in [-0.05, 0) is 106 Å². The predicted octanol–water partition coefficient (Wildman–Crippen LogP) is 4.15. The highest BCUT2D eigenvalue weighted by atomic mass is 16.6. The van der Waals surface area contributed by atoms with Crippen molar-refractivity contribution in [1.29, 1.82) is 0 Å². The summed E-state index contributed by atoms with van der Waals surface area (Å²) in [5, 5.41) is 24.7. The smallest absolute Gasteiger partial charge is 0.326 e. The molecule has 188 valence electrons. The van der Waals surface area contributed by atoms with Crippen LogP contribution < -0.4 is 0 Å². The van der Waals surface area contributed by atoms with E-state index in [2.05, 4.69) is 32.0 Å². The third-order valence-electron chi connectivity index (χ3n) is 10.8. The van der Waals surface area contributed by atoms with Gasteiger partial charge in [0.05, 0.1) is 11.3 Å². The summed E-state index contributed by atoms with van der Waals surface area (Å²) in [6.07, 6.45) is 11.9. The average Bonchev–Trinajstić information content (AvgIpc) is 3.37. The van der Waals surface area contributed by atoms with Gasteiger partial charge in [0.1, 0.15) is 6.04 Å². The molecule has 2 N–H and O–H groups in total. The van der Waals surface area contributed by atoms with Crippen LogP contribution in [0.25, 0.3) is 0 Å². The van der Waals surface area contributed by atoms with Crippen molar-refractivity contribution in [2.24, 2.45) is 33.7 Å². The topological polar surface area (TPSA) is 99.4 Å². The fraction of sp³-hybridized carbons (Fsp3) is 0.815. The van der Waals surface area contributed by atoms with Gasteiger partial charge < -0.3 is 20.0 Å². The number of amides is 1. The maximum Gasteiger partial charge on any atom is 0.326 e. The van der Waals surface area contributed by atoms with Crippen molar-refractivity contribution < 1.29 is 24.6 Å². The van der Waals surface area contributed by atoms with Gasteiger partial charge in [0, 0.05) is 6.54 Å². The van der Waals surface area contributed by atoms with Crippen molar-refractivity contribution in [1.82, 2.24) is 4.90 Å². The number of hydrogen-bond donors (Lipinski definition) is 2. The molecule has 5 rings (SSSR count). The molecule has 1 saturated heterocycles. The third kappa shape index (κ3) is 3.61. The zero-order valence-electron chi connectivity index (χ0n) is 20.9. The Bertz CT molecular complexity index is 926. The Hall–Kier alpha value is -1.89. The quantitative estimate of drug-likeness (QED) is 0.599. The van der Waals surface area contributed by atoms with E-state index in [0.29, 0.717) is 37.1 Å². The lowest BCUT2D eigenvalue weighted by Crippen LogP contribution is -2.53. The number of likely N-dealkylation sites (tertiary alicyclic amines) is 1. The normalized spacial score (nSPS) is 44.8. The highest BCUT2D eigenvalue weighted by Crippen LogP contribution is 2.67. The van der Waals surface area contributed by atoms with Crippen molar-refractivity contribution in [3.05, 3.63) is 11.6 Å². The minimum absolute atomic E-state index is 0.0440. The first-order valence-electron chi connectivity index (χ1n) is 13.2. The van der Waals surface area contributed by atoms with Crippen LogP contribution >= 0.6 is 0 Å². The molecule has 4 aliphatic carbocycles. The monoisotopic (exact) mass is 472 g/mol. The van der Waals surface area contributed by atoms with E-state index in [0.717, 1.165) is 44.2 Å². The minimum atomic E-state index is -0.951. The molecule has 0 unspecified atom stereocenters. The van der Waals surface area contributed by atoms with Gasteiger partial charge in [-0.1, -0.05) is 24.6 Å². The Labute approximate surface area is 202 Å². The van der Waals surface area contributed by atoms with Gasteiger partial charge in [-0.25, -0.2) is 4.79 Å². The number of hydrogen-bond acceptors (Lipinski definition) is 5. The number of fused-ring (bicyclic) bond motifs is 5. The first-order chi connectivity index (χ1) is 16.1. The molecule has 0 aromatic carbocycles. The number of carbonyl (C=O) groups excluding carboxylic acids is 1. The molecule has 7 nitrogen and oxygen atoms in total. The lowest BCUT2D eigenvalue weighted by Gasteiger charge is -2.59. The molecule has 1 heterocycles. The Morgan fingerprint density at radius 3 is 2.62 bits per heavy atom. The second-order valence-corrected chi connectivity index (χ2v) is 12.2. The Morgan fingerprint density at radius 1 is 1.09 bits per heavy atom. The van der Waals surface area contributed by atoms with E-state index < -0.39 is 17.6 Å². The summed E-state index contributed by atoms with van der Waals surface area (Å²) in [5.41, 5.74) is 2.03. The van der Waals surface area contributed by atoms with E-state index in [1.165, 1.54) is 23.3 Å². The van der Waals surface area contributed by atoms with Crippen LogP contribution in [0.5, 0.6) is 0 Å². The van der Waals surface area contributed by atoms with Crippen molar-refractivity contribution in [3.63, 3.8) is 0 Å². The van der Waals surface area contributed by atoms with E-state index >= 15 is 0 Å². The van der Waals surface area contributed by atoms with E-state index in [1.54, 1.807) is 0 Å². The fourth-order valence-corrected chi connectivity index (χ4v) is 8.46. The SMILES string of the molecule is C[C@]12CCC(=NOCC(=O)N3CCC[C@H]3C(=O)O)C=C1CC[C@@H]1[C@@H]2CC[C@@]2(C)[C@H]1CC[C@]2(C)O. The van der Waals surface area contributed by atoms with Gasteiger partial charge in [0.15, 0.2) is 6.61 Å². The molecular formula is C27H40N2O5. The second kappa shape index (κ2) is 8.35. The third-order valence-corrected chi connectivity index (χ3v) is 10.8. The molecule has 7 atom stereocenters. The molecular weight excluding hydrogens is 432 g/mol.